The Balaban J connectivity index is 1.87. The maximum Gasteiger partial charge on any atom is 0.137 e. The van der Waals surface area contributed by atoms with E-state index in [2.05, 4.69) is 4.98 Å². The minimum absolute atomic E-state index is 0.491. The summed E-state index contributed by atoms with van der Waals surface area (Å²) < 4.78 is 11.6. The van der Waals surface area contributed by atoms with Crippen molar-refractivity contribution in [3.8, 4) is 17.1 Å². The van der Waals surface area contributed by atoms with Gasteiger partial charge in [-0.2, -0.15) is 0 Å². The molecule has 0 aliphatic carbocycles. The fourth-order valence-corrected chi connectivity index (χ4v) is 2.72. The largest absolute Gasteiger partial charge is 0.492 e. The first-order valence-corrected chi connectivity index (χ1v) is 7.55. The summed E-state index contributed by atoms with van der Waals surface area (Å²) >= 11 is 0. The maximum absolute atomic E-state index is 5.98. The summed E-state index contributed by atoms with van der Waals surface area (Å²) in [5.74, 6) is 1.60. The third-order valence-electron chi connectivity index (χ3n) is 3.81. The van der Waals surface area contributed by atoms with Gasteiger partial charge in [0.1, 0.15) is 23.7 Å². The van der Waals surface area contributed by atoms with Crippen molar-refractivity contribution in [2.24, 2.45) is 5.73 Å². The summed E-state index contributed by atoms with van der Waals surface area (Å²) in [6.45, 7) is 0.987. The molecule has 4 heteroatoms. The lowest BCUT2D eigenvalue weighted by atomic mass is 10.1. The van der Waals surface area contributed by atoms with Gasteiger partial charge in [-0.25, -0.2) is 0 Å². The zero-order valence-corrected chi connectivity index (χ0v) is 12.5. The monoisotopic (exact) mass is 304 g/mol. The minimum Gasteiger partial charge on any atom is -0.492 e. The molecular weight excluding hydrogens is 288 g/mol. The number of para-hydroxylation sites is 1. The van der Waals surface area contributed by atoms with E-state index in [4.69, 9.17) is 14.9 Å². The van der Waals surface area contributed by atoms with Gasteiger partial charge in [0.2, 0.25) is 0 Å². The van der Waals surface area contributed by atoms with Crippen LogP contribution in [0.1, 0.15) is 0 Å². The zero-order chi connectivity index (χ0) is 15.6. The molecular formula is C19H16N2O2. The van der Waals surface area contributed by atoms with E-state index in [1.54, 1.807) is 0 Å². The van der Waals surface area contributed by atoms with Gasteiger partial charge in [-0.05, 0) is 35.7 Å². The van der Waals surface area contributed by atoms with Crippen LogP contribution in [0.5, 0.6) is 5.75 Å². The molecule has 0 aliphatic heterocycles. The fraction of sp³-hybridized carbons (Fsp3) is 0.105. The van der Waals surface area contributed by atoms with Crippen LogP contribution in [0.3, 0.4) is 0 Å². The number of hydrogen-bond donors (Lipinski definition) is 1. The smallest absolute Gasteiger partial charge is 0.137 e. The third kappa shape index (κ3) is 2.53. The second-order valence-electron chi connectivity index (χ2n) is 5.36. The van der Waals surface area contributed by atoms with Crippen molar-refractivity contribution in [3.05, 3.63) is 60.9 Å². The first-order valence-electron chi connectivity index (χ1n) is 7.55. The van der Waals surface area contributed by atoms with Gasteiger partial charge in [-0.15, -0.1) is 0 Å². The van der Waals surface area contributed by atoms with Gasteiger partial charge in [0.15, 0.2) is 0 Å². The minimum atomic E-state index is 0.491. The molecule has 2 N–H and O–H groups in total. The Labute approximate surface area is 133 Å². The molecule has 0 fully saturated rings. The number of fused-ring (bicyclic) bond motifs is 2. The lowest BCUT2D eigenvalue weighted by molar-refractivity contribution is 0.329. The number of benzene rings is 2. The molecule has 0 saturated heterocycles. The van der Waals surface area contributed by atoms with Crippen LogP contribution >= 0.6 is 0 Å². The van der Waals surface area contributed by atoms with Crippen LogP contribution in [-0.4, -0.2) is 18.1 Å². The molecule has 0 unspecified atom stereocenters. The predicted octanol–water partition coefficient (Wildman–Crippen LogP) is 3.99. The predicted molar refractivity (Wildman–Crippen MR) is 91.5 cm³/mol. The van der Waals surface area contributed by atoms with Crippen molar-refractivity contribution in [1.82, 2.24) is 4.98 Å². The van der Waals surface area contributed by atoms with Crippen LogP contribution in [0.15, 0.2) is 65.3 Å². The van der Waals surface area contributed by atoms with Gasteiger partial charge in [-0.1, -0.05) is 18.2 Å². The van der Waals surface area contributed by atoms with Crippen LogP contribution < -0.4 is 10.5 Å². The highest BCUT2D eigenvalue weighted by molar-refractivity contribution is 5.97. The Kier molecular flexibility index (Phi) is 3.44. The number of furan rings is 1. The Hall–Kier alpha value is -2.85. The Morgan fingerprint density at radius 2 is 1.91 bits per heavy atom. The molecule has 4 aromatic rings. The van der Waals surface area contributed by atoms with Crippen LogP contribution in [0, 0.1) is 0 Å². The fourth-order valence-electron chi connectivity index (χ4n) is 2.72. The second-order valence-corrected chi connectivity index (χ2v) is 5.36. The van der Waals surface area contributed by atoms with E-state index in [9.17, 15) is 0 Å². The molecule has 0 spiro atoms. The molecule has 0 atom stereocenters. The molecule has 0 bridgehead atoms. The van der Waals surface area contributed by atoms with E-state index < -0.39 is 0 Å². The lowest BCUT2D eigenvalue weighted by Gasteiger charge is -2.08. The van der Waals surface area contributed by atoms with Crippen LogP contribution in [-0.2, 0) is 0 Å². The summed E-state index contributed by atoms with van der Waals surface area (Å²) in [6.07, 6.45) is 3.67. The van der Waals surface area contributed by atoms with Crippen molar-refractivity contribution >= 4 is 21.7 Å². The summed E-state index contributed by atoms with van der Waals surface area (Å²) in [7, 11) is 0. The molecule has 23 heavy (non-hydrogen) atoms. The normalized spacial score (nSPS) is 11.2. The summed E-state index contributed by atoms with van der Waals surface area (Å²) in [6, 6.07) is 16.0. The Bertz CT molecular complexity index is 942. The number of rotatable bonds is 4. The molecule has 2 heterocycles. The molecule has 0 radical (unpaired) electrons. The number of nitrogens with zero attached hydrogens (tertiary/aromatic N) is 1. The number of pyridine rings is 1. The van der Waals surface area contributed by atoms with Gasteiger partial charge >= 0.3 is 0 Å². The SMILES string of the molecule is NCCOc1ccc2cncc(-c3cc4ccccc4o3)c2c1. The molecule has 2 aromatic carbocycles. The van der Waals surface area contributed by atoms with Gasteiger partial charge in [0, 0.05) is 35.3 Å². The van der Waals surface area contributed by atoms with Crippen LogP contribution in [0.4, 0.5) is 0 Å². The number of nitrogens with two attached hydrogens (primary N) is 1. The molecule has 114 valence electrons. The molecule has 4 nitrogen and oxygen atoms in total. The standard InChI is InChI=1S/C19H16N2O2/c20-7-8-22-15-6-5-14-11-21-12-17(16(14)10-15)19-9-13-3-1-2-4-18(13)23-19/h1-6,9-12H,7-8,20H2. The first kappa shape index (κ1) is 13.8. The van der Waals surface area contributed by atoms with Crippen molar-refractivity contribution in [3.63, 3.8) is 0 Å². The third-order valence-corrected chi connectivity index (χ3v) is 3.81. The summed E-state index contributed by atoms with van der Waals surface area (Å²) in [5.41, 5.74) is 7.33. The average molecular weight is 304 g/mol. The molecule has 0 saturated carbocycles. The zero-order valence-electron chi connectivity index (χ0n) is 12.5. The van der Waals surface area contributed by atoms with E-state index >= 15 is 0 Å². The second kappa shape index (κ2) is 5.74. The van der Waals surface area contributed by atoms with Crippen molar-refractivity contribution in [1.29, 1.82) is 0 Å². The van der Waals surface area contributed by atoms with Crippen molar-refractivity contribution < 1.29 is 9.15 Å². The van der Waals surface area contributed by atoms with Gasteiger partial charge in [0.05, 0.1) is 0 Å². The van der Waals surface area contributed by atoms with E-state index in [1.165, 1.54) is 0 Å². The van der Waals surface area contributed by atoms with E-state index in [0.29, 0.717) is 13.2 Å². The molecule has 0 aliphatic rings. The maximum atomic E-state index is 5.98. The van der Waals surface area contributed by atoms with Crippen LogP contribution in [0.2, 0.25) is 0 Å². The van der Waals surface area contributed by atoms with E-state index in [1.807, 2.05) is 60.9 Å². The molecule has 4 rings (SSSR count). The number of hydrogen-bond acceptors (Lipinski definition) is 4. The van der Waals surface area contributed by atoms with Crippen molar-refractivity contribution in [2.75, 3.05) is 13.2 Å². The Morgan fingerprint density at radius 3 is 2.78 bits per heavy atom. The topological polar surface area (TPSA) is 61.3 Å². The first-order chi connectivity index (χ1) is 11.3. The Morgan fingerprint density at radius 1 is 1.00 bits per heavy atom. The summed E-state index contributed by atoms with van der Waals surface area (Å²) in [4.78, 5) is 4.33. The van der Waals surface area contributed by atoms with Crippen molar-refractivity contribution in [2.45, 2.75) is 0 Å². The molecule has 2 aromatic heterocycles. The highest BCUT2D eigenvalue weighted by atomic mass is 16.5. The summed E-state index contributed by atoms with van der Waals surface area (Å²) in [5, 5.41) is 3.17. The highest BCUT2D eigenvalue weighted by Gasteiger charge is 2.11. The van der Waals surface area contributed by atoms with Gasteiger partial charge < -0.3 is 14.9 Å². The van der Waals surface area contributed by atoms with E-state index in [-0.39, 0.29) is 0 Å². The quantitative estimate of drug-likeness (QED) is 0.619. The number of aromatic nitrogens is 1. The highest BCUT2D eigenvalue weighted by Crippen LogP contribution is 2.33. The van der Waals surface area contributed by atoms with Crippen LogP contribution in [0.25, 0.3) is 33.1 Å². The lowest BCUT2D eigenvalue weighted by Crippen LogP contribution is -2.10. The van der Waals surface area contributed by atoms with E-state index in [0.717, 1.165) is 38.8 Å². The molecule has 0 amide bonds. The number of ether oxygens (including phenoxy) is 1. The van der Waals surface area contributed by atoms with Gasteiger partial charge in [-0.3, -0.25) is 4.98 Å². The average Bonchev–Trinajstić information content (AvgIpc) is 3.03. The van der Waals surface area contributed by atoms with Gasteiger partial charge in [0.25, 0.3) is 0 Å².